The number of halogens is 1. The summed E-state index contributed by atoms with van der Waals surface area (Å²) in [6.45, 7) is 0. The van der Waals surface area contributed by atoms with Gasteiger partial charge in [-0.3, -0.25) is 0 Å². The molecule has 0 amide bonds. The molecular formula is C14H10ClNOS. The van der Waals surface area contributed by atoms with Crippen molar-refractivity contribution in [2.75, 3.05) is 0 Å². The number of fused-ring (bicyclic) bond motifs is 2. The zero-order valence-corrected chi connectivity index (χ0v) is 11.0. The third-order valence-electron chi connectivity index (χ3n) is 2.92. The van der Waals surface area contributed by atoms with Gasteiger partial charge < -0.3 is 5.21 Å². The van der Waals surface area contributed by atoms with E-state index in [4.69, 9.17) is 11.6 Å². The molecule has 1 aliphatic rings. The molecule has 18 heavy (non-hydrogen) atoms. The van der Waals surface area contributed by atoms with E-state index in [1.807, 2.05) is 30.3 Å². The molecule has 1 heterocycles. The number of oxime groups is 1. The molecule has 0 aliphatic carbocycles. The van der Waals surface area contributed by atoms with Crippen molar-refractivity contribution in [2.24, 2.45) is 5.16 Å². The molecule has 0 radical (unpaired) electrons. The molecule has 0 saturated heterocycles. The number of benzene rings is 2. The van der Waals surface area contributed by atoms with Crippen molar-refractivity contribution in [1.29, 1.82) is 0 Å². The Bertz CT molecular complexity index is 639. The van der Waals surface area contributed by atoms with Gasteiger partial charge in [-0.15, -0.1) is 0 Å². The minimum absolute atomic E-state index is 0.618. The van der Waals surface area contributed by atoms with E-state index < -0.39 is 0 Å². The lowest BCUT2D eigenvalue weighted by atomic mass is 10.0. The molecule has 0 saturated carbocycles. The molecular weight excluding hydrogens is 266 g/mol. The van der Waals surface area contributed by atoms with Gasteiger partial charge in [-0.1, -0.05) is 46.7 Å². The van der Waals surface area contributed by atoms with Crippen molar-refractivity contribution < 1.29 is 5.21 Å². The van der Waals surface area contributed by atoms with E-state index in [0.29, 0.717) is 17.2 Å². The standard InChI is InChI=1S/C14H10ClNOS/c15-10-5-6-14-11(8-10)12(16-17)7-9-3-1-2-4-13(9)18-14/h1-6,8,17H,7H2/b16-12+. The predicted molar refractivity (Wildman–Crippen MR) is 74.0 cm³/mol. The third kappa shape index (κ3) is 2.00. The maximum Gasteiger partial charge on any atom is 0.0923 e. The van der Waals surface area contributed by atoms with Crippen LogP contribution in [0, 0.1) is 0 Å². The van der Waals surface area contributed by atoms with E-state index in [0.717, 1.165) is 10.5 Å². The van der Waals surface area contributed by atoms with Crippen molar-refractivity contribution in [3.63, 3.8) is 0 Å². The van der Waals surface area contributed by atoms with Gasteiger partial charge in [0.15, 0.2) is 0 Å². The fourth-order valence-electron chi connectivity index (χ4n) is 2.05. The van der Waals surface area contributed by atoms with Gasteiger partial charge in [0, 0.05) is 26.8 Å². The Morgan fingerprint density at radius 1 is 1.11 bits per heavy atom. The SMILES string of the molecule is O/N=C1\Cc2ccccc2Sc2ccc(Cl)cc21. The summed E-state index contributed by atoms with van der Waals surface area (Å²) in [5.41, 5.74) is 2.73. The first-order chi connectivity index (χ1) is 8.78. The number of nitrogens with zero attached hydrogens (tertiary/aromatic N) is 1. The molecule has 0 atom stereocenters. The second kappa shape index (κ2) is 4.67. The van der Waals surface area contributed by atoms with Gasteiger partial charge in [0.05, 0.1) is 5.71 Å². The van der Waals surface area contributed by atoms with E-state index in [9.17, 15) is 5.21 Å². The van der Waals surface area contributed by atoms with Crippen molar-refractivity contribution in [2.45, 2.75) is 16.2 Å². The molecule has 2 aromatic rings. The summed E-state index contributed by atoms with van der Waals surface area (Å²) < 4.78 is 0. The normalized spacial score (nSPS) is 15.9. The Hall–Kier alpha value is -1.45. The van der Waals surface area contributed by atoms with Gasteiger partial charge in [0.1, 0.15) is 0 Å². The minimum Gasteiger partial charge on any atom is -0.411 e. The van der Waals surface area contributed by atoms with Crippen molar-refractivity contribution in [1.82, 2.24) is 0 Å². The van der Waals surface area contributed by atoms with Crippen LogP contribution in [0.1, 0.15) is 11.1 Å². The van der Waals surface area contributed by atoms with Gasteiger partial charge in [-0.05, 0) is 29.8 Å². The summed E-state index contributed by atoms with van der Waals surface area (Å²) in [7, 11) is 0. The lowest BCUT2D eigenvalue weighted by Crippen LogP contribution is -2.05. The molecule has 0 fully saturated rings. The number of hydrogen-bond donors (Lipinski definition) is 1. The highest BCUT2D eigenvalue weighted by Gasteiger charge is 2.19. The molecule has 3 rings (SSSR count). The molecule has 0 unspecified atom stereocenters. The zero-order valence-electron chi connectivity index (χ0n) is 9.43. The molecule has 1 aliphatic heterocycles. The smallest absolute Gasteiger partial charge is 0.0923 e. The maximum atomic E-state index is 9.21. The van der Waals surface area contributed by atoms with Gasteiger partial charge in [-0.25, -0.2) is 0 Å². The molecule has 0 aromatic heterocycles. The van der Waals surface area contributed by atoms with Crippen molar-refractivity contribution in [3.8, 4) is 0 Å². The van der Waals surface area contributed by atoms with E-state index in [1.165, 1.54) is 10.5 Å². The summed E-state index contributed by atoms with van der Waals surface area (Å²) >= 11 is 7.70. The van der Waals surface area contributed by atoms with Crippen molar-refractivity contribution in [3.05, 3.63) is 58.6 Å². The Balaban J connectivity index is 2.21. The second-order valence-corrected chi connectivity index (χ2v) is 5.59. The van der Waals surface area contributed by atoms with Crippen LogP contribution < -0.4 is 0 Å². The molecule has 0 spiro atoms. The van der Waals surface area contributed by atoms with Gasteiger partial charge >= 0.3 is 0 Å². The summed E-state index contributed by atoms with van der Waals surface area (Å²) in [4.78, 5) is 2.26. The van der Waals surface area contributed by atoms with Crippen LogP contribution in [0.25, 0.3) is 0 Å². The fraction of sp³-hybridized carbons (Fsp3) is 0.0714. The van der Waals surface area contributed by atoms with Crippen molar-refractivity contribution >= 4 is 29.1 Å². The van der Waals surface area contributed by atoms with Crippen LogP contribution in [0.4, 0.5) is 0 Å². The van der Waals surface area contributed by atoms with Crippen LogP contribution in [-0.4, -0.2) is 10.9 Å². The Morgan fingerprint density at radius 3 is 2.78 bits per heavy atom. The Labute approximate surface area is 114 Å². The average molecular weight is 276 g/mol. The highest BCUT2D eigenvalue weighted by atomic mass is 35.5. The summed E-state index contributed by atoms with van der Waals surface area (Å²) in [6.07, 6.45) is 0.618. The van der Waals surface area contributed by atoms with Crippen LogP contribution in [0.15, 0.2) is 57.4 Å². The first kappa shape index (κ1) is 11.6. The highest BCUT2D eigenvalue weighted by Crippen LogP contribution is 2.38. The van der Waals surface area contributed by atoms with Gasteiger partial charge in [0.25, 0.3) is 0 Å². The Morgan fingerprint density at radius 2 is 1.94 bits per heavy atom. The average Bonchev–Trinajstić information content (AvgIpc) is 2.54. The zero-order chi connectivity index (χ0) is 12.5. The van der Waals surface area contributed by atoms with E-state index >= 15 is 0 Å². The first-order valence-corrected chi connectivity index (χ1v) is 6.74. The molecule has 2 nitrogen and oxygen atoms in total. The lowest BCUT2D eigenvalue weighted by molar-refractivity contribution is 0.318. The minimum atomic E-state index is 0.618. The number of hydrogen-bond acceptors (Lipinski definition) is 3. The third-order valence-corrected chi connectivity index (χ3v) is 4.35. The van der Waals surface area contributed by atoms with Gasteiger partial charge in [0.2, 0.25) is 0 Å². The Kier molecular flexibility index (Phi) is 3.02. The highest BCUT2D eigenvalue weighted by molar-refractivity contribution is 7.99. The fourth-order valence-corrected chi connectivity index (χ4v) is 3.30. The second-order valence-electron chi connectivity index (χ2n) is 4.07. The monoisotopic (exact) mass is 275 g/mol. The first-order valence-electron chi connectivity index (χ1n) is 5.54. The molecule has 4 heteroatoms. The summed E-state index contributed by atoms with van der Waals surface area (Å²) in [5.74, 6) is 0. The summed E-state index contributed by atoms with van der Waals surface area (Å²) in [5, 5.41) is 13.3. The largest absolute Gasteiger partial charge is 0.411 e. The lowest BCUT2D eigenvalue weighted by Gasteiger charge is -2.05. The van der Waals surface area contributed by atoms with Crippen LogP contribution in [0.5, 0.6) is 0 Å². The van der Waals surface area contributed by atoms with Crippen LogP contribution in [-0.2, 0) is 6.42 Å². The molecule has 2 aromatic carbocycles. The van der Waals surface area contributed by atoms with Crippen LogP contribution >= 0.6 is 23.4 Å². The van der Waals surface area contributed by atoms with Gasteiger partial charge in [-0.2, -0.15) is 0 Å². The predicted octanol–water partition coefficient (Wildman–Crippen LogP) is 4.23. The molecule has 90 valence electrons. The van der Waals surface area contributed by atoms with E-state index in [2.05, 4.69) is 17.3 Å². The topological polar surface area (TPSA) is 32.6 Å². The van der Waals surface area contributed by atoms with E-state index in [-0.39, 0.29) is 0 Å². The quantitative estimate of drug-likeness (QED) is 0.577. The molecule has 1 N–H and O–H groups in total. The maximum absolute atomic E-state index is 9.21. The molecule has 0 bridgehead atoms. The number of rotatable bonds is 0. The summed E-state index contributed by atoms with van der Waals surface area (Å²) in [6, 6.07) is 13.8. The van der Waals surface area contributed by atoms with Crippen LogP contribution in [0.3, 0.4) is 0 Å². The van der Waals surface area contributed by atoms with E-state index in [1.54, 1.807) is 11.8 Å². The van der Waals surface area contributed by atoms with Crippen LogP contribution in [0.2, 0.25) is 5.02 Å².